The van der Waals surface area contributed by atoms with E-state index >= 15 is 0 Å². The highest BCUT2D eigenvalue weighted by atomic mass is 32.2. The molecule has 1 atom stereocenters. The fraction of sp³-hybridized carbons (Fsp3) is 0.375. The molecule has 0 aromatic carbocycles. The fourth-order valence-corrected chi connectivity index (χ4v) is 3.08. The van der Waals surface area contributed by atoms with Gasteiger partial charge in [0.2, 0.25) is 10.0 Å². The van der Waals surface area contributed by atoms with E-state index in [0.29, 0.717) is 0 Å². The van der Waals surface area contributed by atoms with Crippen LogP contribution < -0.4 is 4.72 Å². The van der Waals surface area contributed by atoms with Crippen molar-refractivity contribution in [2.24, 2.45) is 0 Å². The van der Waals surface area contributed by atoms with E-state index in [-0.39, 0.29) is 9.09 Å². The lowest BCUT2D eigenvalue weighted by atomic mass is 10.4. The molecule has 5 nitrogen and oxygen atoms in total. The van der Waals surface area contributed by atoms with Gasteiger partial charge >= 0.3 is 0 Å². The Morgan fingerprint density at radius 1 is 1.53 bits per heavy atom. The minimum absolute atomic E-state index is 0.157. The fourth-order valence-electron chi connectivity index (χ4n) is 0.880. The number of rotatable bonds is 5. The third-order valence-corrected chi connectivity index (χ3v) is 4.64. The van der Waals surface area contributed by atoms with Crippen LogP contribution in [0, 0.1) is 11.3 Å². The van der Waals surface area contributed by atoms with E-state index in [0.717, 1.165) is 11.3 Å². The number of nitriles is 1. The van der Waals surface area contributed by atoms with Crippen molar-refractivity contribution in [3.05, 3.63) is 17.0 Å². The number of sulfonamides is 1. The van der Waals surface area contributed by atoms with Crippen molar-refractivity contribution in [3.63, 3.8) is 0 Å². The summed E-state index contributed by atoms with van der Waals surface area (Å²) in [5, 5.41) is 17.3. The molecule has 94 valence electrons. The number of aliphatic hydroxyl groups is 1. The summed E-state index contributed by atoms with van der Waals surface area (Å²) in [6.07, 6.45) is -5.07. The Balaban J connectivity index is 2.73. The van der Waals surface area contributed by atoms with Crippen molar-refractivity contribution in [2.75, 3.05) is 6.54 Å². The average Bonchev–Trinajstić information content (AvgIpc) is 2.75. The molecule has 1 aromatic heterocycles. The Bertz CT molecular complexity index is 521. The molecule has 0 fully saturated rings. The highest BCUT2D eigenvalue weighted by molar-refractivity contribution is 7.91. The maximum atomic E-state index is 11.9. The normalized spacial score (nSPS) is 13.6. The topological polar surface area (TPSA) is 90.2 Å². The van der Waals surface area contributed by atoms with Crippen molar-refractivity contribution < 1.29 is 22.3 Å². The van der Waals surface area contributed by atoms with E-state index in [9.17, 15) is 17.2 Å². The second-order valence-electron chi connectivity index (χ2n) is 2.98. The molecule has 0 aliphatic carbocycles. The Kier molecular flexibility index (Phi) is 4.53. The summed E-state index contributed by atoms with van der Waals surface area (Å²) in [4.78, 5) is 0.194. The molecule has 0 bridgehead atoms. The van der Waals surface area contributed by atoms with Gasteiger partial charge in [0.15, 0.2) is 0 Å². The quantitative estimate of drug-likeness (QED) is 0.824. The molecule has 0 aliphatic heterocycles. The summed E-state index contributed by atoms with van der Waals surface area (Å²) in [6, 6.07) is 4.26. The minimum atomic E-state index is -3.95. The molecule has 0 radical (unpaired) electrons. The van der Waals surface area contributed by atoms with Crippen LogP contribution in [-0.2, 0) is 10.0 Å². The summed E-state index contributed by atoms with van der Waals surface area (Å²) in [6.45, 7) is -0.778. The average molecular weight is 282 g/mol. The zero-order valence-electron chi connectivity index (χ0n) is 8.30. The molecular weight excluding hydrogens is 274 g/mol. The van der Waals surface area contributed by atoms with Crippen molar-refractivity contribution in [2.45, 2.75) is 16.7 Å². The van der Waals surface area contributed by atoms with Gasteiger partial charge in [0.25, 0.3) is 6.43 Å². The largest absolute Gasteiger partial charge is 0.386 e. The van der Waals surface area contributed by atoms with Gasteiger partial charge in [0.1, 0.15) is 21.3 Å². The monoisotopic (exact) mass is 282 g/mol. The van der Waals surface area contributed by atoms with Gasteiger partial charge in [-0.2, -0.15) is 5.26 Å². The molecule has 0 aliphatic rings. The van der Waals surface area contributed by atoms with Crippen LogP contribution in [0.25, 0.3) is 0 Å². The number of alkyl halides is 2. The van der Waals surface area contributed by atoms with Crippen LogP contribution in [0.2, 0.25) is 0 Å². The third-order valence-electron chi connectivity index (χ3n) is 1.73. The van der Waals surface area contributed by atoms with Crippen LogP contribution in [-0.4, -0.2) is 32.6 Å². The van der Waals surface area contributed by atoms with Gasteiger partial charge in [0, 0.05) is 6.54 Å². The lowest BCUT2D eigenvalue weighted by molar-refractivity contribution is -0.000445. The Morgan fingerprint density at radius 2 is 2.18 bits per heavy atom. The molecule has 0 amide bonds. The maximum absolute atomic E-state index is 11.9. The molecular formula is C8H8F2N2O3S2. The van der Waals surface area contributed by atoms with Crippen LogP contribution in [0.3, 0.4) is 0 Å². The zero-order valence-corrected chi connectivity index (χ0v) is 9.93. The number of halogens is 2. The van der Waals surface area contributed by atoms with Crippen LogP contribution in [0.1, 0.15) is 4.88 Å². The Hall–Kier alpha value is -1.08. The first-order valence-electron chi connectivity index (χ1n) is 4.32. The summed E-state index contributed by atoms with van der Waals surface area (Å²) in [5.41, 5.74) is 0. The molecule has 0 saturated heterocycles. The number of nitrogens with one attached hydrogen (secondary N) is 1. The van der Waals surface area contributed by atoms with Crippen molar-refractivity contribution in [1.82, 2.24) is 4.72 Å². The first kappa shape index (κ1) is 14.0. The summed E-state index contributed by atoms with van der Waals surface area (Å²) >= 11 is 0.719. The lowest BCUT2D eigenvalue weighted by Gasteiger charge is -2.09. The van der Waals surface area contributed by atoms with Crippen molar-refractivity contribution in [3.8, 4) is 6.07 Å². The predicted octanol–water partition coefficient (Wildman–Crippen LogP) is 0.524. The van der Waals surface area contributed by atoms with Crippen LogP contribution in [0.15, 0.2) is 16.3 Å². The maximum Gasteiger partial charge on any atom is 0.265 e. The van der Waals surface area contributed by atoms with Crippen LogP contribution >= 0.6 is 11.3 Å². The van der Waals surface area contributed by atoms with Gasteiger partial charge < -0.3 is 5.11 Å². The molecule has 1 unspecified atom stereocenters. The molecule has 0 spiro atoms. The van der Waals surface area contributed by atoms with E-state index < -0.39 is 29.1 Å². The number of hydrogen-bond donors (Lipinski definition) is 2. The summed E-state index contributed by atoms with van der Waals surface area (Å²) in [5.74, 6) is 0. The van der Waals surface area contributed by atoms with E-state index in [2.05, 4.69) is 0 Å². The molecule has 1 aromatic rings. The molecule has 0 saturated carbocycles. The third kappa shape index (κ3) is 3.71. The first-order valence-corrected chi connectivity index (χ1v) is 6.62. The predicted molar refractivity (Wildman–Crippen MR) is 56.2 cm³/mol. The van der Waals surface area contributed by atoms with Gasteiger partial charge in [-0.3, -0.25) is 0 Å². The lowest BCUT2D eigenvalue weighted by Crippen LogP contribution is -2.35. The van der Waals surface area contributed by atoms with Gasteiger partial charge in [-0.05, 0) is 12.1 Å². The highest BCUT2D eigenvalue weighted by Crippen LogP contribution is 2.20. The van der Waals surface area contributed by atoms with Crippen LogP contribution in [0.5, 0.6) is 0 Å². The standard InChI is InChI=1S/C8H8F2N2O3S2/c9-8(10)6(13)4-12-17(14,15)7-2-1-5(3-11)16-7/h1-2,6,8,12-13H,4H2. The molecule has 9 heteroatoms. The van der Waals surface area contributed by atoms with Crippen molar-refractivity contribution >= 4 is 21.4 Å². The minimum Gasteiger partial charge on any atom is -0.386 e. The van der Waals surface area contributed by atoms with E-state index in [1.54, 1.807) is 6.07 Å². The van der Waals surface area contributed by atoms with Gasteiger partial charge in [0.05, 0.1) is 0 Å². The second kappa shape index (κ2) is 5.50. The number of thiophene rings is 1. The molecule has 1 rings (SSSR count). The number of hydrogen-bond acceptors (Lipinski definition) is 5. The van der Waals surface area contributed by atoms with Crippen LogP contribution in [0.4, 0.5) is 8.78 Å². The van der Waals surface area contributed by atoms with E-state index in [1.807, 2.05) is 4.72 Å². The van der Waals surface area contributed by atoms with Crippen molar-refractivity contribution in [1.29, 1.82) is 5.26 Å². The van der Waals surface area contributed by atoms with Gasteiger partial charge in [-0.15, -0.1) is 11.3 Å². The highest BCUT2D eigenvalue weighted by Gasteiger charge is 2.22. The Morgan fingerprint density at radius 3 is 2.65 bits per heavy atom. The second-order valence-corrected chi connectivity index (χ2v) is 6.06. The SMILES string of the molecule is N#Cc1ccc(S(=O)(=O)NCC(O)C(F)F)s1. The van der Waals surface area contributed by atoms with Gasteiger partial charge in [-0.1, -0.05) is 0 Å². The smallest absolute Gasteiger partial charge is 0.265 e. The number of nitrogens with zero attached hydrogens (tertiary/aromatic N) is 1. The summed E-state index contributed by atoms with van der Waals surface area (Å²) < 4.78 is 48.6. The molecule has 1 heterocycles. The van der Waals surface area contributed by atoms with E-state index in [1.165, 1.54) is 12.1 Å². The van der Waals surface area contributed by atoms with E-state index in [4.69, 9.17) is 10.4 Å². The van der Waals surface area contributed by atoms with Gasteiger partial charge in [-0.25, -0.2) is 21.9 Å². The zero-order chi connectivity index (χ0) is 13.1. The molecule has 17 heavy (non-hydrogen) atoms. The summed E-state index contributed by atoms with van der Waals surface area (Å²) in [7, 11) is -3.95. The first-order chi connectivity index (χ1) is 7.86. The number of aliphatic hydroxyl groups excluding tert-OH is 1. The molecule has 2 N–H and O–H groups in total. The Labute approximate surface area is 100 Å².